The predicted molar refractivity (Wildman–Crippen MR) is 52.1 cm³/mol. The molecule has 0 aliphatic heterocycles. The summed E-state index contributed by atoms with van der Waals surface area (Å²) in [5, 5.41) is 25.6. The van der Waals surface area contributed by atoms with Crippen LogP contribution in [0.15, 0.2) is 0 Å². The van der Waals surface area contributed by atoms with E-state index in [9.17, 15) is 14.4 Å². The Hall–Kier alpha value is -1.28. The van der Waals surface area contributed by atoms with Crippen molar-refractivity contribution in [2.75, 3.05) is 18.8 Å². The van der Waals surface area contributed by atoms with Crippen LogP contribution in [0.4, 0.5) is 0 Å². The molecule has 15 heavy (non-hydrogen) atoms. The van der Waals surface area contributed by atoms with E-state index in [0.717, 1.165) is 4.90 Å². The largest absolute Gasteiger partial charge is 0.480 e. The van der Waals surface area contributed by atoms with Gasteiger partial charge in [-0.25, -0.2) is 0 Å². The smallest absolute Gasteiger partial charge is 0.321 e. The van der Waals surface area contributed by atoms with Crippen molar-refractivity contribution in [1.82, 2.24) is 4.90 Å². The van der Waals surface area contributed by atoms with Crippen LogP contribution in [-0.4, -0.2) is 63.0 Å². The predicted octanol–water partition coefficient (Wildman–Crippen LogP) is -1.16. The van der Waals surface area contributed by atoms with Crippen LogP contribution < -0.4 is 0 Å². The van der Waals surface area contributed by atoms with Gasteiger partial charge in [0.1, 0.15) is 6.04 Å². The Kier molecular flexibility index (Phi) is 5.72. The molecule has 8 heteroatoms. The summed E-state index contributed by atoms with van der Waals surface area (Å²) < 4.78 is 0. The molecule has 0 bridgehead atoms. The molecule has 0 heterocycles. The Morgan fingerprint density at radius 3 is 1.67 bits per heavy atom. The lowest BCUT2D eigenvalue weighted by Crippen LogP contribution is -2.47. The second kappa shape index (κ2) is 6.25. The Bertz CT molecular complexity index is 252. The highest BCUT2D eigenvalue weighted by Crippen LogP contribution is 2.02. The summed E-state index contributed by atoms with van der Waals surface area (Å²) >= 11 is 3.73. The number of carbonyl (C=O) groups is 3. The van der Waals surface area contributed by atoms with Crippen LogP contribution in [0.5, 0.6) is 0 Å². The van der Waals surface area contributed by atoms with E-state index in [-0.39, 0.29) is 5.75 Å². The zero-order chi connectivity index (χ0) is 12.0. The zero-order valence-electron chi connectivity index (χ0n) is 7.66. The van der Waals surface area contributed by atoms with Crippen LogP contribution in [0, 0.1) is 0 Å². The molecule has 0 saturated heterocycles. The molecule has 7 nitrogen and oxygen atoms in total. The first-order chi connectivity index (χ1) is 6.88. The highest BCUT2D eigenvalue weighted by atomic mass is 32.1. The topological polar surface area (TPSA) is 115 Å². The summed E-state index contributed by atoms with van der Waals surface area (Å²) in [6, 6.07) is -1.22. The average molecular weight is 237 g/mol. The monoisotopic (exact) mass is 237 g/mol. The number of rotatable bonds is 7. The van der Waals surface area contributed by atoms with Crippen molar-refractivity contribution >= 4 is 30.5 Å². The van der Waals surface area contributed by atoms with E-state index in [0.29, 0.717) is 0 Å². The molecular formula is C7H11NO6S. The second-order valence-electron chi connectivity index (χ2n) is 2.73. The van der Waals surface area contributed by atoms with Gasteiger partial charge in [-0.05, 0) is 0 Å². The molecule has 0 aromatic carbocycles. The maximum atomic E-state index is 10.7. The van der Waals surface area contributed by atoms with E-state index in [2.05, 4.69) is 12.6 Å². The van der Waals surface area contributed by atoms with E-state index in [1.165, 1.54) is 0 Å². The number of aliphatic carboxylic acids is 3. The fraction of sp³-hybridized carbons (Fsp3) is 0.571. The Balaban J connectivity index is 4.64. The normalized spacial score (nSPS) is 12.4. The van der Waals surface area contributed by atoms with Crippen molar-refractivity contribution in [2.24, 2.45) is 0 Å². The SMILES string of the molecule is O=C(O)CN(CC(=O)O)[C@@H](CS)C(=O)O. The molecule has 0 radical (unpaired) electrons. The Morgan fingerprint density at radius 1 is 1.07 bits per heavy atom. The number of carboxylic acids is 3. The van der Waals surface area contributed by atoms with Gasteiger partial charge in [-0.15, -0.1) is 0 Å². The molecule has 3 N–H and O–H groups in total. The molecule has 0 rings (SSSR count). The molecule has 0 aromatic heterocycles. The number of hydrogen-bond acceptors (Lipinski definition) is 5. The lowest BCUT2D eigenvalue weighted by atomic mass is 10.2. The molecule has 0 aromatic rings. The number of hydrogen-bond donors (Lipinski definition) is 4. The fourth-order valence-electron chi connectivity index (χ4n) is 0.974. The van der Waals surface area contributed by atoms with E-state index < -0.39 is 37.0 Å². The second-order valence-corrected chi connectivity index (χ2v) is 3.09. The van der Waals surface area contributed by atoms with Gasteiger partial charge < -0.3 is 15.3 Å². The Morgan fingerprint density at radius 2 is 1.47 bits per heavy atom. The molecule has 86 valence electrons. The molecular weight excluding hydrogens is 226 g/mol. The van der Waals surface area contributed by atoms with Crippen molar-refractivity contribution in [1.29, 1.82) is 0 Å². The van der Waals surface area contributed by atoms with Gasteiger partial charge in [-0.2, -0.15) is 12.6 Å². The first kappa shape index (κ1) is 13.7. The van der Waals surface area contributed by atoms with E-state index in [4.69, 9.17) is 15.3 Å². The van der Waals surface area contributed by atoms with Gasteiger partial charge in [0.25, 0.3) is 0 Å². The van der Waals surface area contributed by atoms with Gasteiger partial charge in [0, 0.05) is 5.75 Å². The van der Waals surface area contributed by atoms with Gasteiger partial charge in [0.05, 0.1) is 13.1 Å². The third-order valence-electron chi connectivity index (χ3n) is 1.58. The first-order valence-corrected chi connectivity index (χ1v) is 4.53. The highest BCUT2D eigenvalue weighted by Gasteiger charge is 2.27. The van der Waals surface area contributed by atoms with Crippen LogP contribution in [-0.2, 0) is 14.4 Å². The lowest BCUT2D eigenvalue weighted by molar-refractivity contribution is -0.148. The molecule has 0 saturated carbocycles. The molecule has 0 aliphatic rings. The van der Waals surface area contributed by atoms with E-state index in [1.54, 1.807) is 0 Å². The van der Waals surface area contributed by atoms with Crippen molar-refractivity contribution in [3.63, 3.8) is 0 Å². The molecule has 0 unspecified atom stereocenters. The minimum atomic E-state index is -1.30. The lowest BCUT2D eigenvalue weighted by Gasteiger charge is -2.23. The van der Waals surface area contributed by atoms with Crippen LogP contribution in [0.25, 0.3) is 0 Å². The summed E-state index contributed by atoms with van der Waals surface area (Å²) in [5.74, 6) is -4.03. The van der Waals surface area contributed by atoms with Crippen LogP contribution in [0.3, 0.4) is 0 Å². The third-order valence-corrected chi connectivity index (χ3v) is 1.92. The summed E-state index contributed by atoms with van der Waals surface area (Å²) in [5.41, 5.74) is 0. The molecule has 0 aliphatic carbocycles. The summed E-state index contributed by atoms with van der Waals surface area (Å²) in [4.78, 5) is 32.2. The third kappa shape index (κ3) is 5.23. The highest BCUT2D eigenvalue weighted by molar-refractivity contribution is 7.80. The van der Waals surface area contributed by atoms with Crippen molar-refractivity contribution in [2.45, 2.75) is 6.04 Å². The van der Waals surface area contributed by atoms with Crippen LogP contribution >= 0.6 is 12.6 Å². The van der Waals surface area contributed by atoms with E-state index in [1.807, 2.05) is 0 Å². The van der Waals surface area contributed by atoms with Gasteiger partial charge in [0.2, 0.25) is 0 Å². The zero-order valence-corrected chi connectivity index (χ0v) is 8.55. The maximum Gasteiger partial charge on any atom is 0.321 e. The maximum absolute atomic E-state index is 10.7. The summed E-state index contributed by atoms with van der Waals surface area (Å²) in [6.45, 7) is -1.30. The van der Waals surface area contributed by atoms with E-state index >= 15 is 0 Å². The first-order valence-electron chi connectivity index (χ1n) is 3.89. The minimum Gasteiger partial charge on any atom is -0.480 e. The van der Waals surface area contributed by atoms with Crippen LogP contribution in [0.2, 0.25) is 0 Å². The summed E-state index contributed by atoms with van der Waals surface area (Å²) in [7, 11) is 0. The molecule has 0 spiro atoms. The average Bonchev–Trinajstić information content (AvgIpc) is 2.01. The quantitative estimate of drug-likeness (QED) is 0.413. The number of thiol groups is 1. The van der Waals surface area contributed by atoms with Gasteiger partial charge in [-0.1, -0.05) is 0 Å². The number of nitrogens with zero attached hydrogens (tertiary/aromatic N) is 1. The van der Waals surface area contributed by atoms with Crippen molar-refractivity contribution in [3.8, 4) is 0 Å². The summed E-state index contributed by atoms with van der Waals surface area (Å²) in [6.07, 6.45) is 0. The standard InChI is InChI=1S/C7H11NO6S/c9-5(10)1-8(2-6(11)12)4(3-15)7(13)14/h4,15H,1-3H2,(H,9,10)(H,11,12)(H,13,14)/t4-/m0/s1. The van der Waals surface area contributed by atoms with Crippen LogP contribution in [0.1, 0.15) is 0 Å². The van der Waals surface area contributed by atoms with Crippen molar-refractivity contribution in [3.05, 3.63) is 0 Å². The van der Waals surface area contributed by atoms with Crippen molar-refractivity contribution < 1.29 is 29.7 Å². The minimum absolute atomic E-state index is 0.157. The van der Waals surface area contributed by atoms with Gasteiger partial charge in [0.15, 0.2) is 0 Å². The molecule has 0 fully saturated rings. The number of carboxylic acid groups (broad SMARTS) is 3. The van der Waals surface area contributed by atoms with Gasteiger partial charge in [-0.3, -0.25) is 19.3 Å². The Labute approximate surface area is 90.7 Å². The molecule has 1 atom stereocenters. The molecule has 0 amide bonds. The fourth-order valence-corrected chi connectivity index (χ4v) is 1.36. The van der Waals surface area contributed by atoms with Gasteiger partial charge >= 0.3 is 17.9 Å².